The minimum absolute atomic E-state index is 0.117. The summed E-state index contributed by atoms with van der Waals surface area (Å²) in [4.78, 5) is 27.5. The number of ether oxygens (including phenoxy) is 1. The Kier molecular flexibility index (Phi) is 6.31. The number of aromatic amines is 1. The summed E-state index contributed by atoms with van der Waals surface area (Å²) >= 11 is 1.34. The number of benzene rings is 1. The summed E-state index contributed by atoms with van der Waals surface area (Å²) in [5.74, 6) is 0. The average molecular weight is 380 g/mol. The van der Waals surface area contributed by atoms with E-state index >= 15 is 0 Å². The van der Waals surface area contributed by atoms with Crippen LogP contribution < -0.4 is 17.0 Å². The molecule has 0 atom stereocenters. The van der Waals surface area contributed by atoms with E-state index in [1.165, 1.54) is 16.3 Å². The molecule has 25 heavy (non-hydrogen) atoms. The average Bonchev–Trinajstić information content (AvgIpc) is 2.50. The van der Waals surface area contributed by atoms with E-state index in [-0.39, 0.29) is 12.3 Å². The molecule has 0 bridgehead atoms. The molecule has 2 aromatic rings. The highest BCUT2D eigenvalue weighted by Gasteiger charge is 2.15. The molecule has 3 N–H and O–H groups in total. The van der Waals surface area contributed by atoms with Gasteiger partial charge in [0.15, 0.2) is 0 Å². The molecule has 1 aromatic heterocycles. The van der Waals surface area contributed by atoms with Gasteiger partial charge in [-0.2, -0.15) is 0 Å². The molecule has 6 nitrogen and oxygen atoms in total. The summed E-state index contributed by atoms with van der Waals surface area (Å²) < 4.78 is 7.18. The van der Waals surface area contributed by atoms with Crippen LogP contribution in [0.15, 0.2) is 43.8 Å². The first-order valence-corrected chi connectivity index (χ1v) is 12.6. The first-order valence-electron chi connectivity index (χ1n) is 8.12. The minimum Gasteiger partial charge on any atom is -0.399 e. The van der Waals surface area contributed by atoms with Gasteiger partial charge in [0, 0.05) is 30.8 Å². The van der Waals surface area contributed by atoms with Crippen LogP contribution in [-0.2, 0) is 11.5 Å². The largest absolute Gasteiger partial charge is 0.399 e. The van der Waals surface area contributed by atoms with Gasteiger partial charge in [0.1, 0.15) is 6.73 Å². The Morgan fingerprint density at radius 3 is 2.64 bits per heavy atom. The van der Waals surface area contributed by atoms with Gasteiger partial charge in [-0.15, -0.1) is 0 Å². The van der Waals surface area contributed by atoms with Crippen molar-refractivity contribution in [2.45, 2.75) is 49.3 Å². The fourth-order valence-corrected chi connectivity index (χ4v) is 3.94. The highest BCUT2D eigenvalue weighted by atomic mass is 32.2. The van der Waals surface area contributed by atoms with E-state index in [0.717, 1.165) is 10.9 Å². The second kappa shape index (κ2) is 8.07. The van der Waals surface area contributed by atoms with E-state index in [0.29, 0.717) is 22.9 Å². The van der Waals surface area contributed by atoms with Crippen LogP contribution >= 0.6 is 11.8 Å². The van der Waals surface area contributed by atoms with Gasteiger partial charge in [-0.05, 0) is 31.2 Å². The van der Waals surface area contributed by atoms with Crippen LogP contribution in [0.1, 0.15) is 5.56 Å². The molecule has 0 unspecified atom stereocenters. The summed E-state index contributed by atoms with van der Waals surface area (Å²) in [6.45, 7) is 9.23. The monoisotopic (exact) mass is 379 g/mol. The summed E-state index contributed by atoms with van der Waals surface area (Å²) in [6, 6.07) is 8.35. The van der Waals surface area contributed by atoms with Gasteiger partial charge in [-0.25, -0.2) is 4.79 Å². The second-order valence-corrected chi connectivity index (χ2v) is 13.8. The number of hydrogen-bond acceptors (Lipinski definition) is 5. The Labute approximate surface area is 152 Å². The molecule has 0 saturated heterocycles. The molecule has 8 heteroatoms. The maximum absolute atomic E-state index is 12.3. The van der Waals surface area contributed by atoms with Crippen LogP contribution in [0.2, 0.25) is 25.7 Å². The lowest BCUT2D eigenvalue weighted by Gasteiger charge is -2.17. The second-order valence-electron chi connectivity index (χ2n) is 7.14. The zero-order valence-electron chi connectivity index (χ0n) is 15.1. The van der Waals surface area contributed by atoms with Crippen molar-refractivity contribution in [3.8, 4) is 0 Å². The van der Waals surface area contributed by atoms with Crippen molar-refractivity contribution in [2.75, 3.05) is 12.3 Å². The van der Waals surface area contributed by atoms with Crippen LogP contribution in [0.25, 0.3) is 0 Å². The molecule has 0 saturated carbocycles. The molecule has 0 fully saturated rings. The predicted molar refractivity (Wildman–Crippen MR) is 105 cm³/mol. The van der Waals surface area contributed by atoms with Gasteiger partial charge in [0.2, 0.25) is 0 Å². The van der Waals surface area contributed by atoms with Crippen molar-refractivity contribution in [1.82, 2.24) is 9.55 Å². The van der Waals surface area contributed by atoms with Gasteiger partial charge in [-0.1, -0.05) is 37.5 Å². The van der Waals surface area contributed by atoms with Crippen molar-refractivity contribution in [3.05, 3.63) is 50.7 Å². The summed E-state index contributed by atoms with van der Waals surface area (Å²) in [6.07, 6.45) is 0. The molecule has 136 valence electrons. The number of nitrogens with zero attached hydrogens (tertiary/aromatic N) is 1. The van der Waals surface area contributed by atoms with Crippen LogP contribution in [-0.4, -0.2) is 24.2 Å². The molecule has 0 spiro atoms. The lowest BCUT2D eigenvalue weighted by molar-refractivity contribution is 0.0774. The fourth-order valence-electron chi connectivity index (χ4n) is 2.12. The van der Waals surface area contributed by atoms with E-state index in [1.54, 1.807) is 13.0 Å². The van der Waals surface area contributed by atoms with E-state index in [1.807, 2.05) is 18.2 Å². The molecule has 1 heterocycles. The Morgan fingerprint density at radius 2 is 2.00 bits per heavy atom. The zero-order valence-corrected chi connectivity index (χ0v) is 16.9. The molecule has 0 amide bonds. The number of rotatable bonds is 7. The topological polar surface area (TPSA) is 90.1 Å². The number of anilines is 1. The summed E-state index contributed by atoms with van der Waals surface area (Å²) in [5, 5.41) is 0.576. The quantitative estimate of drug-likeness (QED) is 0.334. The number of H-pyrrole nitrogens is 1. The molecule has 0 aliphatic heterocycles. The molecule has 0 aliphatic rings. The van der Waals surface area contributed by atoms with E-state index in [9.17, 15) is 9.59 Å². The molecular formula is C17H25N3O3SSi. The maximum atomic E-state index is 12.3. The third kappa shape index (κ3) is 5.62. The van der Waals surface area contributed by atoms with E-state index < -0.39 is 13.8 Å². The highest BCUT2D eigenvalue weighted by Crippen LogP contribution is 2.29. The van der Waals surface area contributed by atoms with Crippen LogP contribution in [0.5, 0.6) is 0 Å². The predicted octanol–water partition coefficient (Wildman–Crippen LogP) is 2.89. The van der Waals surface area contributed by atoms with E-state index in [2.05, 4.69) is 24.6 Å². The SMILES string of the molecule is Cc1c(Sc2cccc(N)c2)n(COCC[Si](C)(C)C)c(=O)[nH]c1=O. The van der Waals surface area contributed by atoms with Crippen molar-refractivity contribution in [3.63, 3.8) is 0 Å². The smallest absolute Gasteiger partial charge is 0.331 e. The third-order valence-electron chi connectivity index (χ3n) is 3.66. The number of nitrogens with two attached hydrogens (primary N) is 1. The van der Waals surface area contributed by atoms with Gasteiger partial charge in [0.05, 0.1) is 5.03 Å². The normalized spacial score (nSPS) is 11.7. The molecule has 0 aliphatic carbocycles. The Balaban J connectivity index is 2.27. The molecule has 2 rings (SSSR count). The zero-order chi connectivity index (χ0) is 18.6. The van der Waals surface area contributed by atoms with Crippen molar-refractivity contribution >= 4 is 25.5 Å². The van der Waals surface area contributed by atoms with Gasteiger partial charge in [-0.3, -0.25) is 14.3 Å². The van der Waals surface area contributed by atoms with Crippen molar-refractivity contribution in [2.24, 2.45) is 0 Å². The molecule has 0 radical (unpaired) electrons. The molecular weight excluding hydrogens is 354 g/mol. The summed E-state index contributed by atoms with van der Waals surface area (Å²) in [5.41, 5.74) is 6.09. The fraction of sp³-hybridized carbons (Fsp3) is 0.412. The number of nitrogens with one attached hydrogen (secondary N) is 1. The lowest BCUT2D eigenvalue weighted by Crippen LogP contribution is -2.34. The lowest BCUT2D eigenvalue weighted by atomic mass is 10.3. The van der Waals surface area contributed by atoms with Crippen molar-refractivity contribution < 1.29 is 4.74 Å². The Bertz CT molecular complexity index is 855. The highest BCUT2D eigenvalue weighted by molar-refractivity contribution is 7.99. The van der Waals surface area contributed by atoms with Gasteiger partial charge >= 0.3 is 5.69 Å². The maximum Gasteiger partial charge on any atom is 0.331 e. The molecule has 1 aromatic carbocycles. The number of hydrogen-bond donors (Lipinski definition) is 2. The number of nitrogen functional groups attached to an aromatic ring is 1. The number of aromatic nitrogens is 2. The first kappa shape index (κ1) is 19.6. The van der Waals surface area contributed by atoms with Crippen LogP contribution in [0.3, 0.4) is 0 Å². The van der Waals surface area contributed by atoms with Gasteiger partial charge in [0.25, 0.3) is 5.56 Å². The minimum atomic E-state index is -1.20. The Morgan fingerprint density at radius 1 is 1.28 bits per heavy atom. The van der Waals surface area contributed by atoms with Crippen molar-refractivity contribution in [1.29, 1.82) is 0 Å². The third-order valence-corrected chi connectivity index (χ3v) is 6.58. The summed E-state index contributed by atoms with van der Waals surface area (Å²) in [7, 11) is -1.20. The van der Waals surface area contributed by atoms with Crippen LogP contribution in [0.4, 0.5) is 5.69 Å². The van der Waals surface area contributed by atoms with E-state index in [4.69, 9.17) is 10.5 Å². The first-order chi connectivity index (χ1) is 11.7. The standard InChI is InChI=1S/C17H25N3O3SSi/c1-12-15(21)19-17(22)20(11-23-8-9-25(2,3)4)16(12)24-14-7-5-6-13(18)10-14/h5-7,10H,8-9,11,18H2,1-4H3,(H,19,21,22). The van der Waals surface area contributed by atoms with Gasteiger partial charge < -0.3 is 10.5 Å². The van der Waals surface area contributed by atoms with Crippen LogP contribution in [0, 0.1) is 6.92 Å². The Hall–Kier alpha value is -1.77.